The van der Waals surface area contributed by atoms with Crippen LogP contribution in [0, 0.1) is 0 Å². The summed E-state index contributed by atoms with van der Waals surface area (Å²) in [4.78, 5) is 22.6. The predicted octanol–water partition coefficient (Wildman–Crippen LogP) is 2.98. The normalized spacial score (nSPS) is 10.7. The van der Waals surface area contributed by atoms with E-state index in [2.05, 4.69) is 16.0 Å². The summed E-state index contributed by atoms with van der Waals surface area (Å²) in [5.41, 5.74) is 1.01. The van der Waals surface area contributed by atoms with E-state index in [1.54, 1.807) is 13.2 Å². The summed E-state index contributed by atoms with van der Waals surface area (Å²) in [6, 6.07) is 5.45. The molecule has 2 amide bonds. The molecule has 0 saturated carbocycles. The lowest BCUT2D eigenvalue weighted by Gasteiger charge is -2.19. The van der Waals surface area contributed by atoms with Crippen molar-refractivity contribution < 1.29 is 19.1 Å². The third-order valence-electron chi connectivity index (χ3n) is 2.86. The third kappa shape index (κ3) is 7.71. The first-order chi connectivity index (χ1) is 11.2. The first kappa shape index (κ1) is 19.6. The predicted molar refractivity (Wildman–Crippen MR) is 94.6 cm³/mol. The van der Waals surface area contributed by atoms with Crippen LogP contribution in [-0.4, -0.2) is 37.8 Å². The number of carbonyl (C=O) groups is 2. The van der Waals surface area contributed by atoms with Crippen molar-refractivity contribution in [1.29, 1.82) is 0 Å². The molecular weight excluding hydrogens is 310 g/mol. The first-order valence-electron chi connectivity index (χ1n) is 7.87. The molecule has 24 heavy (non-hydrogen) atoms. The van der Waals surface area contributed by atoms with Crippen LogP contribution in [0.15, 0.2) is 18.2 Å². The molecule has 0 aliphatic rings. The van der Waals surface area contributed by atoms with Crippen molar-refractivity contribution in [3.8, 4) is 5.75 Å². The fourth-order valence-electron chi connectivity index (χ4n) is 1.92. The topological polar surface area (TPSA) is 88.7 Å². The molecular formula is C17H27N3O4. The zero-order valence-corrected chi connectivity index (χ0v) is 15.0. The molecule has 0 unspecified atom stereocenters. The molecule has 0 aromatic heterocycles. The monoisotopic (exact) mass is 337 g/mol. The molecule has 0 bridgehead atoms. The summed E-state index contributed by atoms with van der Waals surface area (Å²) in [5.74, 6) is 0.435. The van der Waals surface area contributed by atoms with Crippen molar-refractivity contribution in [1.82, 2.24) is 5.32 Å². The van der Waals surface area contributed by atoms with Gasteiger partial charge in [0.15, 0.2) is 0 Å². The van der Waals surface area contributed by atoms with E-state index in [0.29, 0.717) is 24.5 Å². The number of amides is 2. The van der Waals surface area contributed by atoms with Crippen LogP contribution in [0.4, 0.5) is 16.2 Å². The molecule has 0 heterocycles. The van der Waals surface area contributed by atoms with E-state index in [0.717, 1.165) is 12.1 Å². The van der Waals surface area contributed by atoms with Gasteiger partial charge in [0.1, 0.15) is 11.4 Å². The van der Waals surface area contributed by atoms with Gasteiger partial charge < -0.3 is 25.4 Å². The van der Waals surface area contributed by atoms with E-state index < -0.39 is 11.7 Å². The molecule has 7 nitrogen and oxygen atoms in total. The Balaban J connectivity index is 2.37. The van der Waals surface area contributed by atoms with Gasteiger partial charge in [-0.1, -0.05) is 0 Å². The number of anilines is 2. The second-order valence-electron chi connectivity index (χ2n) is 6.31. The number of nitrogens with one attached hydrogen (secondary N) is 3. The molecule has 1 rings (SSSR count). The minimum absolute atomic E-state index is 0.151. The standard InChI is InChI=1S/C17H27N3O4/c1-12(21)20-14-8-7-13(11-15(14)23-5)18-9-6-10-19-16(22)24-17(2,3)4/h7-8,11,18H,6,9-10H2,1-5H3,(H,19,22)(H,20,21). The van der Waals surface area contributed by atoms with Gasteiger partial charge in [0.05, 0.1) is 12.8 Å². The highest BCUT2D eigenvalue weighted by Gasteiger charge is 2.15. The smallest absolute Gasteiger partial charge is 0.407 e. The number of alkyl carbamates (subject to hydrolysis) is 1. The number of hydrogen-bond donors (Lipinski definition) is 3. The van der Waals surface area contributed by atoms with E-state index in [1.807, 2.05) is 32.9 Å². The van der Waals surface area contributed by atoms with Gasteiger partial charge in [-0.15, -0.1) is 0 Å². The fourth-order valence-corrected chi connectivity index (χ4v) is 1.92. The van der Waals surface area contributed by atoms with E-state index in [-0.39, 0.29) is 5.91 Å². The van der Waals surface area contributed by atoms with E-state index >= 15 is 0 Å². The Kier molecular flexibility index (Phi) is 7.35. The van der Waals surface area contributed by atoms with Gasteiger partial charge in [-0.05, 0) is 39.3 Å². The quantitative estimate of drug-likeness (QED) is 0.666. The van der Waals surface area contributed by atoms with Gasteiger partial charge in [0.2, 0.25) is 5.91 Å². The second-order valence-corrected chi connectivity index (χ2v) is 6.31. The van der Waals surface area contributed by atoms with Crippen LogP contribution in [0.5, 0.6) is 5.75 Å². The number of carbonyl (C=O) groups excluding carboxylic acids is 2. The molecule has 1 aromatic rings. The van der Waals surface area contributed by atoms with Crippen molar-refractivity contribution in [2.45, 2.75) is 39.7 Å². The minimum Gasteiger partial charge on any atom is -0.494 e. The third-order valence-corrected chi connectivity index (χ3v) is 2.86. The Morgan fingerprint density at radius 3 is 2.46 bits per heavy atom. The molecule has 0 atom stereocenters. The number of methoxy groups -OCH3 is 1. The zero-order chi connectivity index (χ0) is 18.2. The van der Waals surface area contributed by atoms with Gasteiger partial charge in [-0.2, -0.15) is 0 Å². The Hall–Kier alpha value is -2.44. The number of rotatable bonds is 7. The van der Waals surface area contributed by atoms with Gasteiger partial charge in [0.25, 0.3) is 0 Å². The van der Waals surface area contributed by atoms with Crippen LogP contribution in [0.2, 0.25) is 0 Å². The maximum absolute atomic E-state index is 11.5. The lowest BCUT2D eigenvalue weighted by atomic mass is 10.2. The highest BCUT2D eigenvalue weighted by molar-refractivity contribution is 5.90. The zero-order valence-electron chi connectivity index (χ0n) is 15.0. The Bertz CT molecular complexity index is 567. The molecule has 1 aromatic carbocycles. The lowest BCUT2D eigenvalue weighted by Crippen LogP contribution is -2.33. The SMILES string of the molecule is COc1cc(NCCCNC(=O)OC(C)(C)C)ccc1NC(C)=O. The summed E-state index contributed by atoms with van der Waals surface area (Å²) in [7, 11) is 1.55. The van der Waals surface area contributed by atoms with Gasteiger partial charge in [0, 0.05) is 31.8 Å². The van der Waals surface area contributed by atoms with Crippen molar-refractivity contribution in [2.24, 2.45) is 0 Å². The molecule has 0 fully saturated rings. The van der Waals surface area contributed by atoms with Gasteiger partial charge >= 0.3 is 6.09 Å². The van der Waals surface area contributed by atoms with E-state index in [9.17, 15) is 9.59 Å². The molecule has 0 saturated heterocycles. The highest BCUT2D eigenvalue weighted by Crippen LogP contribution is 2.27. The molecule has 7 heteroatoms. The number of benzene rings is 1. The minimum atomic E-state index is -0.492. The van der Waals surface area contributed by atoms with Crippen LogP contribution in [0.3, 0.4) is 0 Å². The van der Waals surface area contributed by atoms with E-state index in [4.69, 9.17) is 9.47 Å². The van der Waals surface area contributed by atoms with Gasteiger partial charge in [-0.25, -0.2) is 4.79 Å². The van der Waals surface area contributed by atoms with Crippen LogP contribution < -0.4 is 20.7 Å². The van der Waals surface area contributed by atoms with Crippen LogP contribution in [0.25, 0.3) is 0 Å². The number of ether oxygens (including phenoxy) is 2. The first-order valence-corrected chi connectivity index (χ1v) is 7.87. The van der Waals surface area contributed by atoms with E-state index in [1.165, 1.54) is 6.92 Å². The van der Waals surface area contributed by atoms with Crippen LogP contribution >= 0.6 is 0 Å². The lowest BCUT2D eigenvalue weighted by molar-refractivity contribution is -0.114. The second kappa shape index (κ2) is 9.00. The summed E-state index contributed by atoms with van der Waals surface area (Å²) in [6.45, 7) is 8.12. The molecule has 3 N–H and O–H groups in total. The molecule has 0 aliphatic carbocycles. The van der Waals surface area contributed by atoms with Crippen LogP contribution in [0.1, 0.15) is 34.1 Å². The maximum atomic E-state index is 11.5. The van der Waals surface area contributed by atoms with Gasteiger partial charge in [-0.3, -0.25) is 4.79 Å². The Labute approximate surface area is 143 Å². The maximum Gasteiger partial charge on any atom is 0.407 e. The van der Waals surface area contributed by atoms with Crippen molar-refractivity contribution in [3.63, 3.8) is 0 Å². The van der Waals surface area contributed by atoms with Crippen molar-refractivity contribution in [3.05, 3.63) is 18.2 Å². The summed E-state index contributed by atoms with van der Waals surface area (Å²) in [5, 5.41) is 8.65. The Morgan fingerprint density at radius 1 is 1.17 bits per heavy atom. The fraction of sp³-hybridized carbons (Fsp3) is 0.529. The molecule has 134 valence electrons. The van der Waals surface area contributed by atoms with Crippen molar-refractivity contribution in [2.75, 3.05) is 30.8 Å². The summed E-state index contributed by atoms with van der Waals surface area (Å²) in [6.07, 6.45) is 0.332. The summed E-state index contributed by atoms with van der Waals surface area (Å²) >= 11 is 0. The van der Waals surface area contributed by atoms with Crippen LogP contribution in [-0.2, 0) is 9.53 Å². The largest absolute Gasteiger partial charge is 0.494 e. The average Bonchev–Trinajstić information content (AvgIpc) is 2.45. The highest BCUT2D eigenvalue weighted by atomic mass is 16.6. The molecule has 0 aliphatic heterocycles. The van der Waals surface area contributed by atoms with Crippen molar-refractivity contribution >= 4 is 23.4 Å². The average molecular weight is 337 g/mol. The Morgan fingerprint density at radius 2 is 1.88 bits per heavy atom. The molecule has 0 spiro atoms. The number of hydrogen-bond acceptors (Lipinski definition) is 5. The summed E-state index contributed by atoms with van der Waals surface area (Å²) < 4.78 is 10.4. The molecule has 0 radical (unpaired) electrons.